The van der Waals surface area contributed by atoms with Gasteiger partial charge in [0.2, 0.25) is 11.8 Å². The molecule has 0 atom stereocenters. The van der Waals surface area contributed by atoms with Gasteiger partial charge in [0.25, 0.3) is 0 Å². The first kappa shape index (κ1) is 23.4. The molecule has 0 saturated carbocycles. The van der Waals surface area contributed by atoms with E-state index in [2.05, 4.69) is 10.6 Å². The minimum absolute atomic E-state index is 0.000642. The van der Waals surface area contributed by atoms with E-state index in [9.17, 15) is 18.8 Å². The SMILES string of the molecule is CC(C)(C)OC(=O)NCCC(=O)N1CCC(NC(=O)/C=C/c2ccc(F)cc2)CC1. The lowest BCUT2D eigenvalue weighted by molar-refractivity contribution is -0.132. The highest BCUT2D eigenvalue weighted by atomic mass is 19.1. The number of ether oxygens (including phenoxy) is 1. The molecule has 1 saturated heterocycles. The number of nitrogens with zero attached hydrogens (tertiary/aromatic N) is 1. The largest absolute Gasteiger partial charge is 0.444 e. The van der Waals surface area contributed by atoms with Crippen molar-refractivity contribution >= 4 is 24.0 Å². The predicted octanol–water partition coefficient (Wildman–Crippen LogP) is 2.86. The molecule has 7 nitrogen and oxygen atoms in total. The third-order valence-electron chi connectivity index (χ3n) is 4.50. The molecule has 164 valence electrons. The molecule has 0 aromatic heterocycles. The lowest BCUT2D eigenvalue weighted by Gasteiger charge is -2.32. The number of hydrogen-bond acceptors (Lipinski definition) is 4. The number of likely N-dealkylation sites (tertiary alicyclic amines) is 1. The molecule has 2 rings (SSSR count). The summed E-state index contributed by atoms with van der Waals surface area (Å²) in [4.78, 5) is 37.7. The van der Waals surface area contributed by atoms with Gasteiger partial charge >= 0.3 is 6.09 Å². The monoisotopic (exact) mass is 419 g/mol. The van der Waals surface area contributed by atoms with Crippen LogP contribution in [0.25, 0.3) is 6.08 Å². The van der Waals surface area contributed by atoms with Crippen LogP contribution in [0.3, 0.4) is 0 Å². The van der Waals surface area contributed by atoms with Crippen molar-refractivity contribution < 1.29 is 23.5 Å². The Kier molecular flexibility index (Phi) is 8.38. The van der Waals surface area contributed by atoms with Crippen molar-refractivity contribution in [2.45, 2.75) is 51.7 Å². The second-order valence-electron chi connectivity index (χ2n) is 8.23. The zero-order valence-electron chi connectivity index (χ0n) is 17.7. The molecule has 8 heteroatoms. The summed E-state index contributed by atoms with van der Waals surface area (Å²) in [7, 11) is 0. The van der Waals surface area contributed by atoms with E-state index in [1.54, 1.807) is 43.9 Å². The molecule has 2 N–H and O–H groups in total. The summed E-state index contributed by atoms with van der Waals surface area (Å²) in [6.45, 7) is 6.66. The van der Waals surface area contributed by atoms with E-state index in [1.165, 1.54) is 18.2 Å². The van der Waals surface area contributed by atoms with Gasteiger partial charge in [-0.3, -0.25) is 9.59 Å². The van der Waals surface area contributed by atoms with Gasteiger partial charge in [-0.25, -0.2) is 9.18 Å². The van der Waals surface area contributed by atoms with E-state index in [0.717, 1.165) is 5.56 Å². The Morgan fingerprint density at radius 1 is 1.17 bits per heavy atom. The van der Waals surface area contributed by atoms with Crippen LogP contribution in [0.1, 0.15) is 45.6 Å². The van der Waals surface area contributed by atoms with E-state index in [-0.39, 0.29) is 36.6 Å². The van der Waals surface area contributed by atoms with Crippen molar-refractivity contribution in [2.24, 2.45) is 0 Å². The summed E-state index contributed by atoms with van der Waals surface area (Å²) in [5.41, 5.74) is 0.168. The number of benzene rings is 1. The Morgan fingerprint density at radius 3 is 2.40 bits per heavy atom. The minimum Gasteiger partial charge on any atom is -0.444 e. The second kappa shape index (κ2) is 10.8. The maximum absolute atomic E-state index is 12.9. The first-order valence-corrected chi connectivity index (χ1v) is 10.1. The fraction of sp³-hybridized carbons (Fsp3) is 0.500. The Labute approximate surface area is 176 Å². The highest BCUT2D eigenvalue weighted by Gasteiger charge is 2.23. The number of carbonyl (C=O) groups excluding carboxylic acids is 3. The van der Waals surface area contributed by atoms with Gasteiger partial charge in [0, 0.05) is 38.2 Å². The Morgan fingerprint density at radius 2 is 1.80 bits per heavy atom. The second-order valence-corrected chi connectivity index (χ2v) is 8.23. The van der Waals surface area contributed by atoms with Crippen LogP contribution in [0.2, 0.25) is 0 Å². The first-order chi connectivity index (χ1) is 14.1. The highest BCUT2D eigenvalue weighted by Crippen LogP contribution is 2.12. The van der Waals surface area contributed by atoms with Crippen molar-refractivity contribution in [1.82, 2.24) is 15.5 Å². The quantitative estimate of drug-likeness (QED) is 0.694. The molecule has 1 aromatic rings. The fourth-order valence-electron chi connectivity index (χ4n) is 3.01. The lowest BCUT2D eigenvalue weighted by atomic mass is 10.0. The number of hydrogen-bond donors (Lipinski definition) is 2. The van der Waals surface area contributed by atoms with Gasteiger partial charge in [-0.1, -0.05) is 12.1 Å². The average molecular weight is 419 g/mol. The third-order valence-corrected chi connectivity index (χ3v) is 4.50. The zero-order valence-corrected chi connectivity index (χ0v) is 17.7. The summed E-state index contributed by atoms with van der Waals surface area (Å²) in [6, 6.07) is 5.88. The van der Waals surface area contributed by atoms with Gasteiger partial charge in [0.05, 0.1) is 0 Å². The van der Waals surface area contributed by atoms with E-state index in [4.69, 9.17) is 4.74 Å². The number of nitrogens with one attached hydrogen (secondary N) is 2. The topological polar surface area (TPSA) is 87.7 Å². The molecule has 0 radical (unpaired) electrons. The number of carbonyl (C=O) groups is 3. The Balaban J connectivity index is 1.66. The van der Waals surface area contributed by atoms with Crippen molar-refractivity contribution in [3.63, 3.8) is 0 Å². The summed E-state index contributed by atoms with van der Waals surface area (Å²) in [5, 5.41) is 5.51. The molecule has 1 fully saturated rings. The summed E-state index contributed by atoms with van der Waals surface area (Å²) >= 11 is 0. The molecule has 0 bridgehead atoms. The van der Waals surface area contributed by atoms with Crippen LogP contribution >= 0.6 is 0 Å². The average Bonchev–Trinajstić information content (AvgIpc) is 2.66. The summed E-state index contributed by atoms with van der Waals surface area (Å²) in [5.74, 6) is -0.573. The van der Waals surface area contributed by atoms with Gasteiger partial charge in [0.15, 0.2) is 0 Å². The maximum Gasteiger partial charge on any atom is 0.407 e. The van der Waals surface area contributed by atoms with Crippen LogP contribution in [0.5, 0.6) is 0 Å². The first-order valence-electron chi connectivity index (χ1n) is 10.1. The number of amides is 3. The van der Waals surface area contributed by atoms with Gasteiger partial charge in [-0.2, -0.15) is 0 Å². The van der Waals surface area contributed by atoms with E-state index >= 15 is 0 Å². The van der Waals surface area contributed by atoms with E-state index in [1.807, 2.05) is 0 Å². The van der Waals surface area contributed by atoms with E-state index < -0.39 is 11.7 Å². The van der Waals surface area contributed by atoms with Crippen molar-refractivity contribution in [3.05, 3.63) is 41.7 Å². The van der Waals surface area contributed by atoms with E-state index in [0.29, 0.717) is 25.9 Å². The molecule has 0 spiro atoms. The van der Waals surface area contributed by atoms with Crippen LogP contribution in [-0.4, -0.2) is 54.1 Å². The Bertz CT molecular complexity index is 764. The smallest absolute Gasteiger partial charge is 0.407 e. The molecule has 1 aromatic carbocycles. The molecular weight excluding hydrogens is 389 g/mol. The molecule has 1 heterocycles. The van der Waals surface area contributed by atoms with Crippen LogP contribution in [0, 0.1) is 5.82 Å². The molecular formula is C22H30FN3O4. The number of halogens is 1. The highest BCUT2D eigenvalue weighted by molar-refractivity contribution is 5.91. The zero-order chi connectivity index (χ0) is 22.1. The van der Waals surface area contributed by atoms with Gasteiger partial charge in [-0.15, -0.1) is 0 Å². The standard InChI is InChI=1S/C22H30FN3O4/c1-22(2,3)30-21(29)24-13-10-20(28)26-14-11-18(12-15-26)25-19(27)9-6-16-4-7-17(23)8-5-16/h4-9,18H,10-15H2,1-3H3,(H,24,29)(H,25,27)/b9-6+. The Hall–Kier alpha value is -2.90. The number of rotatable bonds is 6. The minimum atomic E-state index is -0.575. The fourth-order valence-corrected chi connectivity index (χ4v) is 3.01. The van der Waals surface area contributed by atoms with Crippen molar-refractivity contribution in [1.29, 1.82) is 0 Å². The maximum atomic E-state index is 12.9. The van der Waals surface area contributed by atoms with Crippen LogP contribution in [0.15, 0.2) is 30.3 Å². The number of alkyl carbamates (subject to hydrolysis) is 1. The number of piperidine rings is 1. The molecule has 1 aliphatic heterocycles. The molecule has 1 aliphatic rings. The molecule has 0 unspecified atom stereocenters. The van der Waals surface area contributed by atoms with Crippen LogP contribution < -0.4 is 10.6 Å². The summed E-state index contributed by atoms with van der Waals surface area (Å²) in [6.07, 6.45) is 4.06. The lowest BCUT2D eigenvalue weighted by Crippen LogP contribution is -2.46. The van der Waals surface area contributed by atoms with Crippen molar-refractivity contribution in [3.8, 4) is 0 Å². The summed E-state index contributed by atoms with van der Waals surface area (Å²) < 4.78 is 18.0. The van der Waals surface area contributed by atoms with Crippen LogP contribution in [-0.2, 0) is 14.3 Å². The van der Waals surface area contributed by atoms with Gasteiger partial charge in [0.1, 0.15) is 11.4 Å². The molecule has 30 heavy (non-hydrogen) atoms. The predicted molar refractivity (Wildman–Crippen MR) is 112 cm³/mol. The van der Waals surface area contributed by atoms with Crippen molar-refractivity contribution in [2.75, 3.05) is 19.6 Å². The molecule has 3 amide bonds. The normalized spacial score (nSPS) is 15.1. The third kappa shape index (κ3) is 8.63. The van der Waals surface area contributed by atoms with Gasteiger partial charge in [-0.05, 0) is 57.4 Å². The van der Waals surface area contributed by atoms with Crippen LogP contribution in [0.4, 0.5) is 9.18 Å². The molecule has 0 aliphatic carbocycles. The van der Waals surface area contributed by atoms with Gasteiger partial charge < -0.3 is 20.3 Å².